The summed E-state index contributed by atoms with van der Waals surface area (Å²) >= 11 is 0. The first-order valence-corrected chi connectivity index (χ1v) is 5.97. The molecule has 0 atom stereocenters. The molecule has 8 heteroatoms. The molecule has 4 N–H and O–H groups in total. The number of methoxy groups -OCH3 is 1. The third kappa shape index (κ3) is 6.03. The van der Waals surface area contributed by atoms with Crippen molar-refractivity contribution in [1.82, 2.24) is 5.32 Å². The van der Waals surface area contributed by atoms with E-state index in [9.17, 15) is 8.42 Å². The van der Waals surface area contributed by atoms with Crippen LogP contribution in [0.15, 0.2) is 0 Å². The molecule has 0 heterocycles. The van der Waals surface area contributed by atoms with Gasteiger partial charge in [-0.15, -0.1) is 0 Å². The Hall–Kier alpha value is -0.250. The van der Waals surface area contributed by atoms with Crippen LogP contribution in [0.4, 0.5) is 0 Å². The summed E-state index contributed by atoms with van der Waals surface area (Å²) in [4.78, 5) is 0. The number of hydrogen-bond acceptors (Lipinski definition) is 6. The molecule has 0 saturated carbocycles. The highest BCUT2D eigenvalue weighted by Crippen LogP contribution is 2.03. The molecule has 0 aromatic carbocycles. The van der Waals surface area contributed by atoms with Crippen molar-refractivity contribution in [3.63, 3.8) is 0 Å². The van der Waals surface area contributed by atoms with Crippen LogP contribution in [0, 0.1) is 0 Å². The molecule has 0 radical (unpaired) electrons. The fourth-order valence-corrected chi connectivity index (χ4v) is 1.44. The second-order valence-electron chi connectivity index (χ2n) is 3.08. The second-order valence-corrected chi connectivity index (χ2v) is 4.65. The van der Waals surface area contributed by atoms with E-state index in [2.05, 4.69) is 5.32 Å². The lowest BCUT2D eigenvalue weighted by molar-refractivity contribution is -0.107. The summed E-state index contributed by atoms with van der Waals surface area (Å²) < 4.78 is 34.0. The lowest BCUT2D eigenvalue weighted by Crippen LogP contribution is -2.53. The number of nitrogens with one attached hydrogen (secondary N) is 1. The molecule has 0 aliphatic rings. The maximum Gasteiger partial charge on any atom is 0.264 e. The van der Waals surface area contributed by atoms with Gasteiger partial charge >= 0.3 is 0 Å². The summed E-state index contributed by atoms with van der Waals surface area (Å²) in [5.74, 6) is -0.378. The smallest absolute Gasteiger partial charge is 0.264 e. The molecule has 15 heavy (non-hydrogen) atoms. The topological polar surface area (TPSA) is 116 Å². The van der Waals surface area contributed by atoms with Gasteiger partial charge in [0.05, 0.1) is 19.0 Å². The van der Waals surface area contributed by atoms with Gasteiger partial charge in [0.15, 0.2) is 5.72 Å². The summed E-state index contributed by atoms with van der Waals surface area (Å²) in [6.45, 7) is -0.688. The molecular weight excluding hydrogens is 226 g/mol. The molecule has 0 aromatic heterocycles. The zero-order chi connectivity index (χ0) is 11.9. The number of ether oxygens (including phenoxy) is 1. The normalized spacial score (nSPS) is 13.1. The van der Waals surface area contributed by atoms with Crippen LogP contribution in [0.1, 0.15) is 6.42 Å². The molecule has 0 fully saturated rings. The van der Waals surface area contributed by atoms with Gasteiger partial charge in [0, 0.05) is 7.11 Å². The molecule has 0 aliphatic carbocycles. The van der Waals surface area contributed by atoms with Crippen molar-refractivity contribution in [1.29, 1.82) is 0 Å². The van der Waals surface area contributed by atoms with E-state index >= 15 is 0 Å². The number of aliphatic hydroxyl groups excluding tert-OH is 2. The fourth-order valence-electron chi connectivity index (χ4n) is 0.934. The van der Waals surface area contributed by atoms with Crippen molar-refractivity contribution in [3.8, 4) is 0 Å². The van der Waals surface area contributed by atoms with E-state index in [0.29, 0.717) is 0 Å². The molecule has 0 unspecified atom stereocenters. The third-order valence-electron chi connectivity index (χ3n) is 1.93. The Bertz CT molecular complexity index is 252. The molecule has 0 aliphatic heterocycles. The van der Waals surface area contributed by atoms with Gasteiger partial charge < -0.3 is 14.9 Å². The average Bonchev–Trinajstić information content (AvgIpc) is 2.18. The molecule has 0 spiro atoms. The van der Waals surface area contributed by atoms with E-state index in [1.807, 2.05) is 0 Å². The highest BCUT2D eigenvalue weighted by molar-refractivity contribution is 7.85. The Balaban J connectivity index is 3.92. The summed E-state index contributed by atoms with van der Waals surface area (Å²) in [6.07, 6.45) is 0.157. The Morgan fingerprint density at radius 2 is 1.87 bits per heavy atom. The van der Waals surface area contributed by atoms with Gasteiger partial charge in [0.1, 0.15) is 0 Å². The van der Waals surface area contributed by atoms with Gasteiger partial charge in [0.25, 0.3) is 10.1 Å². The Morgan fingerprint density at radius 3 is 2.20 bits per heavy atom. The van der Waals surface area contributed by atoms with E-state index in [1.165, 1.54) is 7.11 Å². The largest absolute Gasteiger partial charge is 0.392 e. The molecular formula is C7H17NO6S. The summed E-state index contributed by atoms with van der Waals surface area (Å²) in [7, 11) is -2.66. The average molecular weight is 243 g/mol. The number of aliphatic hydroxyl groups is 2. The molecule has 0 amide bonds. The van der Waals surface area contributed by atoms with Crippen molar-refractivity contribution in [2.75, 3.05) is 32.6 Å². The fraction of sp³-hybridized carbons (Fsp3) is 1.00. The lowest BCUT2D eigenvalue weighted by Gasteiger charge is -2.29. The molecule has 0 rings (SSSR count). The van der Waals surface area contributed by atoms with Crippen LogP contribution in [-0.2, 0) is 14.9 Å². The van der Waals surface area contributed by atoms with E-state index in [4.69, 9.17) is 19.5 Å². The van der Waals surface area contributed by atoms with Crippen LogP contribution in [-0.4, -0.2) is 61.5 Å². The zero-order valence-electron chi connectivity index (χ0n) is 8.51. The van der Waals surface area contributed by atoms with Crippen LogP contribution < -0.4 is 5.32 Å². The summed E-state index contributed by atoms with van der Waals surface area (Å²) in [5.41, 5.74) is -1.26. The van der Waals surface area contributed by atoms with Gasteiger partial charge in [-0.3, -0.25) is 9.87 Å². The second kappa shape index (κ2) is 6.36. The van der Waals surface area contributed by atoms with E-state index in [0.717, 1.165) is 0 Å². The van der Waals surface area contributed by atoms with E-state index in [-0.39, 0.29) is 18.7 Å². The summed E-state index contributed by atoms with van der Waals surface area (Å²) in [6, 6.07) is 0. The van der Waals surface area contributed by atoms with Crippen LogP contribution in [0.2, 0.25) is 0 Å². The van der Waals surface area contributed by atoms with Crippen molar-refractivity contribution >= 4 is 10.1 Å². The molecule has 7 nitrogen and oxygen atoms in total. The zero-order valence-corrected chi connectivity index (χ0v) is 9.33. The number of rotatable bonds is 8. The predicted octanol–water partition coefficient (Wildman–Crippen LogP) is -1.82. The van der Waals surface area contributed by atoms with Crippen LogP contribution >= 0.6 is 0 Å². The van der Waals surface area contributed by atoms with Crippen molar-refractivity contribution in [2.24, 2.45) is 0 Å². The van der Waals surface area contributed by atoms with Crippen LogP contribution in [0.5, 0.6) is 0 Å². The third-order valence-corrected chi connectivity index (χ3v) is 2.73. The monoisotopic (exact) mass is 243 g/mol. The van der Waals surface area contributed by atoms with Crippen LogP contribution in [0.3, 0.4) is 0 Å². The van der Waals surface area contributed by atoms with Gasteiger partial charge in [-0.05, 0) is 13.0 Å². The lowest BCUT2D eigenvalue weighted by atomic mass is 10.2. The minimum Gasteiger partial charge on any atom is -0.392 e. The quantitative estimate of drug-likeness (QED) is 0.225. The van der Waals surface area contributed by atoms with E-state index < -0.39 is 29.1 Å². The summed E-state index contributed by atoms with van der Waals surface area (Å²) in [5, 5.41) is 20.5. The minimum absolute atomic E-state index is 0.157. The Kier molecular flexibility index (Phi) is 6.25. The van der Waals surface area contributed by atoms with E-state index in [1.54, 1.807) is 0 Å². The highest BCUT2D eigenvalue weighted by Gasteiger charge is 2.27. The van der Waals surface area contributed by atoms with Crippen LogP contribution in [0.25, 0.3) is 0 Å². The van der Waals surface area contributed by atoms with Gasteiger partial charge in [0.2, 0.25) is 0 Å². The minimum atomic E-state index is -3.97. The van der Waals surface area contributed by atoms with Gasteiger partial charge in [-0.1, -0.05) is 0 Å². The SMILES string of the molecule is COC(CO)(CO)NCCCS(=O)(=O)O. The molecule has 92 valence electrons. The highest BCUT2D eigenvalue weighted by atomic mass is 32.2. The first-order chi connectivity index (χ1) is 6.89. The van der Waals surface area contributed by atoms with Gasteiger partial charge in [-0.2, -0.15) is 8.42 Å². The molecule has 0 bridgehead atoms. The standard InChI is InChI=1S/C7H17NO6S/c1-14-7(5-9,6-10)8-3-2-4-15(11,12)13/h8-10H,2-6H2,1H3,(H,11,12,13). The molecule has 0 aromatic rings. The van der Waals surface area contributed by atoms with Crippen molar-refractivity contribution < 1.29 is 27.9 Å². The maximum atomic E-state index is 10.4. The van der Waals surface area contributed by atoms with Crippen molar-refractivity contribution in [3.05, 3.63) is 0 Å². The van der Waals surface area contributed by atoms with Crippen molar-refractivity contribution in [2.45, 2.75) is 12.1 Å². The first-order valence-electron chi connectivity index (χ1n) is 4.36. The first kappa shape index (κ1) is 14.8. The Morgan fingerprint density at radius 1 is 1.33 bits per heavy atom. The maximum absolute atomic E-state index is 10.4. The Labute approximate surface area is 88.8 Å². The predicted molar refractivity (Wildman–Crippen MR) is 52.9 cm³/mol. The number of hydrogen-bond donors (Lipinski definition) is 4. The molecule has 0 saturated heterocycles. The van der Waals surface area contributed by atoms with Gasteiger partial charge in [-0.25, -0.2) is 0 Å².